The molecule has 2 aromatic carbocycles. The molecule has 1 heterocycles. The molecule has 2 heteroatoms. The summed E-state index contributed by atoms with van der Waals surface area (Å²) in [5.41, 5.74) is 6.41. The van der Waals surface area contributed by atoms with Gasteiger partial charge in [0.15, 0.2) is 0 Å². The third-order valence-electron chi connectivity index (χ3n) is 6.05. The van der Waals surface area contributed by atoms with Crippen molar-refractivity contribution in [3.05, 3.63) is 83.6 Å². The summed E-state index contributed by atoms with van der Waals surface area (Å²) in [6.07, 6.45) is 14.1. The molecule has 0 aliphatic carbocycles. The first-order valence-corrected chi connectivity index (χ1v) is 12.5. The van der Waals surface area contributed by atoms with E-state index in [9.17, 15) is 0 Å². The average molecular weight is 430 g/mol. The predicted molar refractivity (Wildman–Crippen MR) is 136 cm³/mol. The Morgan fingerprint density at radius 1 is 0.594 bits per heavy atom. The van der Waals surface area contributed by atoms with Crippen molar-refractivity contribution in [2.24, 2.45) is 0 Å². The molecule has 170 valence electrons. The Balaban J connectivity index is 1.44. The van der Waals surface area contributed by atoms with Gasteiger partial charge >= 0.3 is 0 Å². The van der Waals surface area contributed by atoms with Crippen LogP contribution in [0.15, 0.2) is 66.9 Å². The molecule has 0 N–H and O–H groups in total. The van der Waals surface area contributed by atoms with Crippen molar-refractivity contribution in [3.63, 3.8) is 0 Å². The van der Waals surface area contributed by atoms with Gasteiger partial charge in [0.25, 0.3) is 0 Å². The molecule has 0 atom stereocenters. The number of unbranched alkanes of at least 4 members (excludes halogenated alkanes) is 5. The SMILES string of the molecule is CCCCCCCc1ccc(CCc2ccc(-c3ccc(OCCCC)cn3)cc2)cc1. The van der Waals surface area contributed by atoms with Gasteiger partial charge in [0, 0.05) is 5.56 Å². The van der Waals surface area contributed by atoms with Crippen LogP contribution in [-0.2, 0) is 19.3 Å². The van der Waals surface area contributed by atoms with Gasteiger partial charge < -0.3 is 4.74 Å². The Hall–Kier alpha value is -2.61. The second kappa shape index (κ2) is 13.7. The Bertz CT molecular complexity index is 882. The third-order valence-corrected chi connectivity index (χ3v) is 6.05. The van der Waals surface area contributed by atoms with Gasteiger partial charge in [-0.1, -0.05) is 94.5 Å². The van der Waals surface area contributed by atoms with Crippen molar-refractivity contribution in [2.45, 2.75) is 78.1 Å². The van der Waals surface area contributed by atoms with Gasteiger partial charge in [0.1, 0.15) is 5.75 Å². The maximum absolute atomic E-state index is 5.71. The van der Waals surface area contributed by atoms with Crippen molar-refractivity contribution >= 4 is 0 Å². The van der Waals surface area contributed by atoms with E-state index >= 15 is 0 Å². The Morgan fingerprint density at radius 3 is 1.78 bits per heavy atom. The summed E-state index contributed by atoms with van der Waals surface area (Å²) >= 11 is 0. The molecule has 0 radical (unpaired) electrons. The number of pyridine rings is 1. The summed E-state index contributed by atoms with van der Waals surface area (Å²) in [6.45, 7) is 5.20. The lowest BCUT2D eigenvalue weighted by Crippen LogP contribution is -1.97. The van der Waals surface area contributed by atoms with Crippen molar-refractivity contribution in [2.75, 3.05) is 6.61 Å². The maximum atomic E-state index is 5.71. The number of hydrogen-bond acceptors (Lipinski definition) is 2. The fraction of sp³-hybridized carbons (Fsp3) is 0.433. The van der Waals surface area contributed by atoms with Crippen LogP contribution in [0.2, 0.25) is 0 Å². The van der Waals surface area contributed by atoms with Gasteiger partial charge in [-0.05, 0) is 60.9 Å². The molecule has 1 aromatic heterocycles. The van der Waals surface area contributed by atoms with E-state index in [2.05, 4.69) is 67.4 Å². The minimum atomic E-state index is 0.758. The standard InChI is InChI=1S/C30H39NO/c1-3-5-7-8-9-10-25-11-13-26(14-12-25)15-16-27-17-19-28(20-18-27)30-22-21-29(24-31-30)32-23-6-4-2/h11-14,17-22,24H,3-10,15-16,23H2,1-2H3. The zero-order valence-corrected chi connectivity index (χ0v) is 20.0. The maximum Gasteiger partial charge on any atom is 0.137 e. The van der Waals surface area contributed by atoms with Crippen LogP contribution in [0.5, 0.6) is 5.75 Å². The van der Waals surface area contributed by atoms with E-state index in [4.69, 9.17) is 4.74 Å². The van der Waals surface area contributed by atoms with Crippen molar-refractivity contribution in [3.8, 4) is 17.0 Å². The van der Waals surface area contributed by atoms with Crippen LogP contribution < -0.4 is 4.74 Å². The van der Waals surface area contributed by atoms with Crippen molar-refractivity contribution in [1.29, 1.82) is 0 Å². The molecule has 0 spiro atoms. The Kier molecular flexibility index (Phi) is 10.3. The van der Waals surface area contributed by atoms with Gasteiger partial charge in [0.2, 0.25) is 0 Å². The molecule has 32 heavy (non-hydrogen) atoms. The lowest BCUT2D eigenvalue weighted by atomic mass is 10.00. The second-order valence-corrected chi connectivity index (χ2v) is 8.76. The smallest absolute Gasteiger partial charge is 0.137 e. The molecule has 0 bridgehead atoms. The molecular weight excluding hydrogens is 390 g/mol. The van der Waals surface area contributed by atoms with Gasteiger partial charge in [0.05, 0.1) is 18.5 Å². The van der Waals surface area contributed by atoms with Gasteiger partial charge in [-0.25, -0.2) is 0 Å². The van der Waals surface area contributed by atoms with E-state index in [0.29, 0.717) is 0 Å². The average Bonchev–Trinajstić information content (AvgIpc) is 2.84. The first-order chi connectivity index (χ1) is 15.8. The molecule has 0 saturated carbocycles. The van der Waals surface area contributed by atoms with Gasteiger partial charge in [-0.2, -0.15) is 0 Å². The highest BCUT2D eigenvalue weighted by Gasteiger charge is 2.03. The van der Waals surface area contributed by atoms with E-state index in [0.717, 1.165) is 49.3 Å². The number of ether oxygens (including phenoxy) is 1. The number of benzene rings is 2. The molecule has 0 aliphatic heterocycles. The summed E-state index contributed by atoms with van der Waals surface area (Å²) < 4.78 is 5.71. The molecule has 0 aliphatic rings. The highest BCUT2D eigenvalue weighted by atomic mass is 16.5. The van der Waals surface area contributed by atoms with Crippen LogP contribution in [0.4, 0.5) is 0 Å². The summed E-state index contributed by atoms with van der Waals surface area (Å²) in [5, 5.41) is 0. The van der Waals surface area contributed by atoms with Crippen LogP contribution >= 0.6 is 0 Å². The number of rotatable bonds is 14. The number of hydrogen-bond donors (Lipinski definition) is 0. The molecule has 0 unspecified atom stereocenters. The molecule has 3 rings (SSSR count). The zero-order valence-electron chi connectivity index (χ0n) is 20.0. The van der Waals surface area contributed by atoms with E-state index in [1.54, 1.807) is 0 Å². The highest BCUT2D eigenvalue weighted by molar-refractivity contribution is 5.59. The first kappa shape index (κ1) is 24.0. The first-order valence-electron chi connectivity index (χ1n) is 12.5. The van der Waals surface area contributed by atoms with Crippen molar-refractivity contribution in [1.82, 2.24) is 4.98 Å². The second-order valence-electron chi connectivity index (χ2n) is 8.76. The summed E-state index contributed by atoms with van der Waals surface area (Å²) in [7, 11) is 0. The molecule has 0 amide bonds. The number of aromatic nitrogens is 1. The topological polar surface area (TPSA) is 22.1 Å². The molecule has 0 fully saturated rings. The Morgan fingerprint density at radius 2 is 1.19 bits per heavy atom. The third kappa shape index (κ3) is 8.15. The fourth-order valence-corrected chi connectivity index (χ4v) is 3.91. The minimum Gasteiger partial charge on any atom is -0.492 e. The normalized spacial score (nSPS) is 10.9. The predicted octanol–water partition coefficient (Wildman–Crippen LogP) is 8.23. The lowest BCUT2D eigenvalue weighted by molar-refractivity contribution is 0.308. The number of nitrogens with zero attached hydrogens (tertiary/aromatic N) is 1. The molecular formula is C30H39NO. The quantitative estimate of drug-likeness (QED) is 0.241. The van der Waals surface area contributed by atoms with Crippen LogP contribution in [0.3, 0.4) is 0 Å². The van der Waals surface area contributed by atoms with Crippen molar-refractivity contribution < 1.29 is 4.74 Å². The largest absolute Gasteiger partial charge is 0.492 e. The van der Waals surface area contributed by atoms with Crippen LogP contribution in [-0.4, -0.2) is 11.6 Å². The van der Waals surface area contributed by atoms with Crippen LogP contribution in [0.25, 0.3) is 11.3 Å². The fourth-order valence-electron chi connectivity index (χ4n) is 3.91. The molecule has 2 nitrogen and oxygen atoms in total. The summed E-state index contributed by atoms with van der Waals surface area (Å²) in [4.78, 5) is 4.57. The zero-order chi connectivity index (χ0) is 22.4. The van der Waals surface area contributed by atoms with E-state index < -0.39 is 0 Å². The van der Waals surface area contributed by atoms with Gasteiger partial charge in [-0.3, -0.25) is 4.98 Å². The Labute approximate surface area is 195 Å². The van der Waals surface area contributed by atoms with Gasteiger partial charge in [-0.15, -0.1) is 0 Å². The summed E-state index contributed by atoms with van der Waals surface area (Å²) in [6, 6.07) is 22.1. The number of aryl methyl sites for hydroxylation is 3. The van der Waals surface area contributed by atoms with E-state index in [1.165, 1.54) is 55.2 Å². The molecule has 3 aromatic rings. The summed E-state index contributed by atoms with van der Waals surface area (Å²) in [5.74, 6) is 0.848. The van der Waals surface area contributed by atoms with Crippen LogP contribution in [0, 0.1) is 0 Å². The van der Waals surface area contributed by atoms with E-state index in [1.807, 2.05) is 18.3 Å². The highest BCUT2D eigenvalue weighted by Crippen LogP contribution is 2.21. The molecule has 0 saturated heterocycles. The van der Waals surface area contributed by atoms with Crippen LogP contribution in [0.1, 0.15) is 75.5 Å². The minimum absolute atomic E-state index is 0.758. The lowest BCUT2D eigenvalue weighted by Gasteiger charge is -2.08. The van der Waals surface area contributed by atoms with E-state index in [-0.39, 0.29) is 0 Å². The monoisotopic (exact) mass is 429 g/mol.